The van der Waals surface area contributed by atoms with Gasteiger partial charge in [-0.05, 0) is 25.1 Å². The van der Waals surface area contributed by atoms with Gasteiger partial charge in [-0.3, -0.25) is 14.3 Å². The van der Waals surface area contributed by atoms with E-state index in [4.69, 9.17) is 0 Å². The van der Waals surface area contributed by atoms with Gasteiger partial charge in [0.25, 0.3) is 10.0 Å². The highest BCUT2D eigenvalue weighted by molar-refractivity contribution is 7.92. The summed E-state index contributed by atoms with van der Waals surface area (Å²) in [7, 11) is -2.29. The van der Waals surface area contributed by atoms with Crippen LogP contribution in [-0.2, 0) is 17.1 Å². The molecule has 21 heavy (non-hydrogen) atoms. The predicted molar refractivity (Wildman–Crippen MR) is 78.9 cm³/mol. The Hall–Kier alpha value is -2.41. The molecule has 1 N–H and O–H groups in total. The van der Waals surface area contributed by atoms with Crippen molar-refractivity contribution < 1.29 is 13.2 Å². The van der Waals surface area contributed by atoms with Gasteiger partial charge < -0.3 is 4.57 Å². The first-order chi connectivity index (χ1) is 9.79. The Balaban J connectivity index is 2.38. The molecular weight excluding hydrogens is 292 g/mol. The standard InChI is InChI=1S/C14H14N2O4S/c1-10(17)11-4-3-5-13(8-11)21(19,20)15-12-6-7-14(18)16(2)9-12/h3-9,15H,1-2H3. The highest BCUT2D eigenvalue weighted by Crippen LogP contribution is 2.16. The first-order valence-corrected chi connectivity index (χ1v) is 7.58. The molecule has 0 aliphatic carbocycles. The number of aryl methyl sites for hydroxylation is 1. The molecule has 0 aliphatic rings. The first-order valence-electron chi connectivity index (χ1n) is 6.10. The molecule has 7 heteroatoms. The molecule has 0 saturated heterocycles. The molecule has 0 unspecified atom stereocenters. The molecule has 6 nitrogen and oxygen atoms in total. The van der Waals surface area contributed by atoms with Crippen molar-refractivity contribution in [3.05, 3.63) is 58.5 Å². The Morgan fingerprint density at radius 2 is 1.90 bits per heavy atom. The van der Waals surface area contributed by atoms with Crippen LogP contribution in [0.4, 0.5) is 5.69 Å². The second-order valence-electron chi connectivity index (χ2n) is 4.56. The van der Waals surface area contributed by atoms with E-state index in [0.29, 0.717) is 5.56 Å². The van der Waals surface area contributed by atoms with E-state index in [-0.39, 0.29) is 21.9 Å². The topological polar surface area (TPSA) is 85.2 Å². The number of carbonyl (C=O) groups is 1. The first kappa shape index (κ1) is 15.0. The van der Waals surface area contributed by atoms with Gasteiger partial charge in [0.2, 0.25) is 5.56 Å². The fraction of sp³-hybridized carbons (Fsp3) is 0.143. The van der Waals surface area contributed by atoms with E-state index in [2.05, 4.69) is 4.72 Å². The van der Waals surface area contributed by atoms with Crippen molar-refractivity contribution >= 4 is 21.5 Å². The minimum Gasteiger partial charge on any atom is -0.316 e. The lowest BCUT2D eigenvalue weighted by Gasteiger charge is -2.09. The quantitative estimate of drug-likeness (QED) is 0.865. The van der Waals surface area contributed by atoms with Gasteiger partial charge in [-0.15, -0.1) is 0 Å². The summed E-state index contributed by atoms with van der Waals surface area (Å²) in [5.41, 5.74) is 0.347. The van der Waals surface area contributed by atoms with Gasteiger partial charge >= 0.3 is 0 Å². The maximum Gasteiger partial charge on any atom is 0.261 e. The molecule has 2 rings (SSSR count). The average molecular weight is 306 g/mol. The molecule has 110 valence electrons. The molecule has 0 atom stereocenters. The average Bonchev–Trinajstić information content (AvgIpc) is 2.43. The lowest BCUT2D eigenvalue weighted by atomic mass is 10.2. The fourth-order valence-corrected chi connectivity index (χ4v) is 2.84. The minimum atomic E-state index is -3.82. The molecule has 0 fully saturated rings. The Morgan fingerprint density at radius 1 is 1.19 bits per heavy atom. The van der Waals surface area contributed by atoms with Crippen LogP contribution in [0.2, 0.25) is 0 Å². The third-order valence-electron chi connectivity index (χ3n) is 2.89. The van der Waals surface area contributed by atoms with E-state index in [1.807, 2.05) is 0 Å². The monoisotopic (exact) mass is 306 g/mol. The zero-order valence-corrected chi connectivity index (χ0v) is 12.3. The summed E-state index contributed by atoms with van der Waals surface area (Å²) >= 11 is 0. The maximum absolute atomic E-state index is 12.3. The normalized spacial score (nSPS) is 11.1. The SMILES string of the molecule is CC(=O)c1cccc(S(=O)(=O)Nc2ccc(=O)n(C)c2)c1. The Labute approximate surface area is 122 Å². The molecule has 2 aromatic rings. The number of ketones is 1. The van der Waals surface area contributed by atoms with Crippen LogP contribution in [0.5, 0.6) is 0 Å². The van der Waals surface area contributed by atoms with Gasteiger partial charge in [0.15, 0.2) is 5.78 Å². The zero-order valence-electron chi connectivity index (χ0n) is 11.5. The van der Waals surface area contributed by atoms with Gasteiger partial charge in [0, 0.05) is 24.9 Å². The van der Waals surface area contributed by atoms with Gasteiger partial charge in [-0.2, -0.15) is 0 Å². The van der Waals surface area contributed by atoms with Gasteiger partial charge in [-0.1, -0.05) is 12.1 Å². The van der Waals surface area contributed by atoms with Gasteiger partial charge in [0.1, 0.15) is 0 Å². The van der Waals surface area contributed by atoms with E-state index in [1.165, 1.54) is 55.1 Å². The number of sulfonamides is 1. The van der Waals surface area contributed by atoms with Crippen molar-refractivity contribution in [2.24, 2.45) is 7.05 Å². The van der Waals surface area contributed by atoms with Crippen molar-refractivity contribution in [1.82, 2.24) is 4.57 Å². The largest absolute Gasteiger partial charge is 0.316 e. The molecule has 0 spiro atoms. The highest BCUT2D eigenvalue weighted by atomic mass is 32.2. The Bertz CT molecular complexity index is 853. The molecule has 0 bridgehead atoms. The van der Waals surface area contributed by atoms with Crippen LogP contribution in [0.25, 0.3) is 0 Å². The third kappa shape index (κ3) is 3.38. The van der Waals surface area contributed by atoms with Crippen molar-refractivity contribution in [3.8, 4) is 0 Å². The van der Waals surface area contributed by atoms with E-state index in [1.54, 1.807) is 6.07 Å². The number of aromatic nitrogens is 1. The number of hydrogen-bond acceptors (Lipinski definition) is 4. The summed E-state index contributed by atoms with van der Waals surface area (Å²) in [5, 5.41) is 0. The number of Topliss-reactive ketones (excluding diaryl/α,β-unsaturated/α-hetero) is 1. The summed E-state index contributed by atoms with van der Waals surface area (Å²) in [6, 6.07) is 8.42. The number of anilines is 1. The summed E-state index contributed by atoms with van der Waals surface area (Å²) in [6.45, 7) is 1.37. The number of nitrogens with one attached hydrogen (secondary N) is 1. The van der Waals surface area contributed by atoms with Crippen molar-refractivity contribution in [2.75, 3.05) is 4.72 Å². The van der Waals surface area contributed by atoms with Crippen molar-refractivity contribution in [1.29, 1.82) is 0 Å². The molecule has 1 heterocycles. The number of hydrogen-bond donors (Lipinski definition) is 1. The number of nitrogens with zero attached hydrogens (tertiary/aromatic N) is 1. The van der Waals surface area contributed by atoms with Crippen LogP contribution >= 0.6 is 0 Å². The summed E-state index contributed by atoms with van der Waals surface area (Å²) < 4.78 is 28.2. The fourth-order valence-electron chi connectivity index (χ4n) is 1.75. The molecule has 0 saturated carbocycles. The summed E-state index contributed by atoms with van der Waals surface area (Å²) in [4.78, 5) is 22.6. The second-order valence-corrected chi connectivity index (χ2v) is 6.24. The van der Waals surface area contributed by atoms with Crippen molar-refractivity contribution in [3.63, 3.8) is 0 Å². The highest BCUT2D eigenvalue weighted by Gasteiger charge is 2.15. The Kier molecular flexibility index (Phi) is 3.95. The van der Waals surface area contributed by atoms with Gasteiger partial charge in [0.05, 0.1) is 10.6 Å². The number of pyridine rings is 1. The summed E-state index contributed by atoms with van der Waals surface area (Å²) in [5.74, 6) is -0.214. The lowest BCUT2D eigenvalue weighted by Crippen LogP contribution is -2.18. The molecule has 0 amide bonds. The smallest absolute Gasteiger partial charge is 0.261 e. The molecule has 1 aromatic heterocycles. The van der Waals surface area contributed by atoms with Crippen LogP contribution in [0.1, 0.15) is 17.3 Å². The number of benzene rings is 1. The van der Waals surface area contributed by atoms with Crippen LogP contribution in [-0.4, -0.2) is 18.8 Å². The lowest BCUT2D eigenvalue weighted by molar-refractivity contribution is 0.101. The van der Waals surface area contributed by atoms with Crippen LogP contribution in [0.15, 0.2) is 52.3 Å². The van der Waals surface area contributed by atoms with E-state index in [0.717, 1.165) is 0 Å². The molecule has 1 aromatic carbocycles. The molecular formula is C14H14N2O4S. The van der Waals surface area contributed by atoms with E-state index < -0.39 is 10.0 Å². The van der Waals surface area contributed by atoms with Crippen LogP contribution in [0.3, 0.4) is 0 Å². The van der Waals surface area contributed by atoms with E-state index in [9.17, 15) is 18.0 Å². The minimum absolute atomic E-state index is 0.0101. The third-order valence-corrected chi connectivity index (χ3v) is 4.27. The predicted octanol–water partition coefficient (Wildman–Crippen LogP) is 1.39. The number of rotatable bonds is 4. The van der Waals surface area contributed by atoms with Crippen molar-refractivity contribution in [2.45, 2.75) is 11.8 Å². The molecule has 0 aliphatic heterocycles. The van der Waals surface area contributed by atoms with Crippen LogP contribution in [0, 0.1) is 0 Å². The van der Waals surface area contributed by atoms with E-state index >= 15 is 0 Å². The maximum atomic E-state index is 12.3. The zero-order chi connectivity index (χ0) is 15.6. The van der Waals surface area contributed by atoms with Gasteiger partial charge in [-0.25, -0.2) is 8.42 Å². The number of carbonyl (C=O) groups excluding carboxylic acids is 1. The summed E-state index contributed by atoms with van der Waals surface area (Å²) in [6.07, 6.45) is 1.38. The second kappa shape index (κ2) is 5.53. The Morgan fingerprint density at radius 3 is 2.52 bits per heavy atom. The molecule has 0 radical (unpaired) electrons. The van der Waals surface area contributed by atoms with Crippen LogP contribution < -0.4 is 10.3 Å².